The third-order valence-corrected chi connectivity index (χ3v) is 11.8. The van der Waals surface area contributed by atoms with Crippen LogP contribution in [0.2, 0.25) is 10.0 Å². The number of ether oxygens (including phenoxy) is 2. The van der Waals surface area contributed by atoms with Crippen molar-refractivity contribution in [1.29, 1.82) is 0 Å². The topological polar surface area (TPSA) is 117 Å². The van der Waals surface area contributed by atoms with E-state index in [1.54, 1.807) is 35.0 Å². The minimum absolute atomic E-state index is 0.112. The molecular formula is C37H40Cl2F5N4O6S2+. The quantitative estimate of drug-likeness (QED) is 0.0299. The van der Waals surface area contributed by atoms with Gasteiger partial charge in [-0.3, -0.25) is 4.57 Å². The van der Waals surface area contributed by atoms with Gasteiger partial charge in [0.1, 0.15) is 23.4 Å². The molecule has 1 N–H and O–H groups in total. The van der Waals surface area contributed by atoms with E-state index in [0.717, 1.165) is 23.4 Å². The summed E-state index contributed by atoms with van der Waals surface area (Å²) in [5.41, 5.74) is 1.17. The molecular weight excluding hydrogens is 826 g/mol. The fourth-order valence-corrected chi connectivity index (χ4v) is 8.45. The first kappa shape index (κ1) is 45.0. The number of halogens is 7. The Bertz CT molecular complexity index is 2150. The number of benzene rings is 3. The molecule has 4 rings (SSSR count). The lowest BCUT2D eigenvalue weighted by molar-refractivity contribution is -0.870. The van der Waals surface area contributed by atoms with Crippen LogP contribution in [-0.2, 0) is 35.5 Å². The van der Waals surface area contributed by atoms with Gasteiger partial charge in [-0.05, 0) is 73.4 Å². The van der Waals surface area contributed by atoms with Crippen molar-refractivity contribution >= 4 is 56.9 Å². The molecule has 0 spiro atoms. The molecule has 4 aromatic rings. The van der Waals surface area contributed by atoms with Gasteiger partial charge in [0.15, 0.2) is 5.16 Å². The van der Waals surface area contributed by atoms with Gasteiger partial charge in [-0.1, -0.05) is 54.9 Å². The molecule has 0 saturated carbocycles. The Labute approximate surface area is 335 Å². The highest BCUT2D eigenvalue weighted by Crippen LogP contribution is 2.40. The fourth-order valence-electron chi connectivity index (χ4n) is 5.56. The van der Waals surface area contributed by atoms with Crippen LogP contribution in [0.4, 0.5) is 22.0 Å². The van der Waals surface area contributed by atoms with Crippen LogP contribution in [-0.4, -0.2) is 81.4 Å². The molecule has 56 heavy (non-hydrogen) atoms. The lowest BCUT2D eigenvalue weighted by Gasteiger charge is -2.28. The number of carbonyl (C=O) groups is 2. The van der Waals surface area contributed by atoms with Crippen LogP contribution >= 0.6 is 35.0 Å². The van der Waals surface area contributed by atoms with E-state index in [4.69, 9.17) is 27.9 Å². The third-order valence-electron chi connectivity index (χ3n) is 8.68. The summed E-state index contributed by atoms with van der Waals surface area (Å²) < 4.78 is 109. The van der Waals surface area contributed by atoms with Crippen molar-refractivity contribution < 1.29 is 53.9 Å². The number of nitrogens with one attached hydrogen (secondary N) is 1. The number of esters is 2. The fraction of sp³-hybridized carbons (Fsp3) is 0.378. The highest BCUT2D eigenvalue weighted by Gasteiger charge is 2.44. The van der Waals surface area contributed by atoms with Gasteiger partial charge >= 0.3 is 18.1 Å². The maximum absolute atomic E-state index is 15.7. The van der Waals surface area contributed by atoms with Crippen molar-refractivity contribution in [1.82, 2.24) is 14.3 Å². The molecule has 0 aliphatic heterocycles. The first-order valence-corrected chi connectivity index (χ1v) is 20.1. The van der Waals surface area contributed by atoms with Crippen molar-refractivity contribution in [2.24, 2.45) is 0 Å². The highest BCUT2D eigenvalue weighted by atomic mass is 35.5. The van der Waals surface area contributed by atoms with Crippen molar-refractivity contribution in [3.8, 4) is 11.4 Å². The van der Waals surface area contributed by atoms with Gasteiger partial charge in [-0.15, -0.1) is 0 Å². The van der Waals surface area contributed by atoms with Crippen molar-refractivity contribution in [2.45, 2.75) is 66.5 Å². The summed E-state index contributed by atoms with van der Waals surface area (Å²) in [6, 6.07) is 10.6. The van der Waals surface area contributed by atoms with Crippen LogP contribution in [0, 0.1) is 11.6 Å². The van der Waals surface area contributed by atoms with Gasteiger partial charge in [-0.25, -0.2) is 31.8 Å². The summed E-state index contributed by atoms with van der Waals surface area (Å²) in [5.74, 6) is -5.81. The maximum atomic E-state index is 15.7. The summed E-state index contributed by atoms with van der Waals surface area (Å²) in [6.07, 6.45) is -3.59. The van der Waals surface area contributed by atoms with Crippen LogP contribution < -0.4 is 9.46 Å². The van der Waals surface area contributed by atoms with E-state index in [0.29, 0.717) is 50.8 Å². The number of carbonyl (C=O) groups excluding carboxylic acids is 2. The molecule has 0 aliphatic carbocycles. The van der Waals surface area contributed by atoms with E-state index in [9.17, 15) is 35.6 Å². The van der Waals surface area contributed by atoms with Crippen LogP contribution in [0.15, 0.2) is 70.8 Å². The number of thioether (sulfide) groups is 1. The number of unbranched alkanes of at least 4 members (excludes halogenated alkanes) is 1. The van der Waals surface area contributed by atoms with E-state index in [1.807, 2.05) is 45.8 Å². The third kappa shape index (κ3) is 11.2. The predicted molar refractivity (Wildman–Crippen MR) is 203 cm³/mol. The zero-order valence-electron chi connectivity index (χ0n) is 31.1. The lowest BCUT2D eigenvalue weighted by atomic mass is 9.81. The summed E-state index contributed by atoms with van der Waals surface area (Å²) in [6.45, 7) is 4.46. The molecule has 3 aromatic carbocycles. The van der Waals surface area contributed by atoms with Gasteiger partial charge < -0.3 is 14.0 Å². The number of rotatable bonds is 16. The van der Waals surface area contributed by atoms with Crippen LogP contribution in [0.1, 0.15) is 49.9 Å². The van der Waals surface area contributed by atoms with Gasteiger partial charge in [-0.2, -0.15) is 17.9 Å². The van der Waals surface area contributed by atoms with E-state index in [1.165, 1.54) is 19.2 Å². The summed E-state index contributed by atoms with van der Waals surface area (Å²) in [4.78, 5) is 27.9. The number of quaternary nitrogens is 1. The number of aromatic nitrogens is 2. The molecule has 1 atom stereocenters. The number of sulfonamides is 1. The van der Waals surface area contributed by atoms with Gasteiger partial charge in [0.05, 0.1) is 56.6 Å². The Hall–Kier alpha value is -3.74. The van der Waals surface area contributed by atoms with E-state index >= 15 is 4.39 Å². The minimum Gasteiger partial charge on any atom is -0.495 e. The first-order chi connectivity index (χ1) is 25.9. The molecule has 0 unspecified atom stereocenters. The molecule has 0 fully saturated rings. The van der Waals surface area contributed by atoms with E-state index < -0.39 is 56.1 Å². The highest BCUT2D eigenvalue weighted by molar-refractivity contribution is 7.98. The number of nitrogens with zero attached hydrogens (tertiary/aromatic N) is 3. The molecule has 0 aliphatic rings. The van der Waals surface area contributed by atoms with Crippen LogP contribution in [0.25, 0.3) is 5.69 Å². The van der Waals surface area contributed by atoms with Crippen LogP contribution in [0.3, 0.4) is 0 Å². The Morgan fingerprint density at radius 1 is 0.982 bits per heavy atom. The number of alkyl halides is 3. The lowest BCUT2D eigenvalue weighted by Crippen LogP contribution is -2.44. The predicted octanol–water partition coefficient (Wildman–Crippen LogP) is 8.24. The second kappa shape index (κ2) is 17.8. The number of hydrogen-bond donors (Lipinski definition) is 1. The molecule has 0 radical (unpaired) electrons. The summed E-state index contributed by atoms with van der Waals surface area (Å²) in [5, 5.41) is 0.449. The smallest absolute Gasteiger partial charge is 0.491 e. The zero-order valence-corrected chi connectivity index (χ0v) is 34.3. The molecule has 1 heterocycles. The molecule has 1 aromatic heterocycles. The van der Waals surface area contributed by atoms with Crippen molar-refractivity contribution in [3.63, 3.8) is 0 Å². The Morgan fingerprint density at radius 3 is 2.23 bits per heavy atom. The average Bonchev–Trinajstić information content (AvgIpc) is 3.53. The molecule has 304 valence electrons. The van der Waals surface area contributed by atoms with Crippen molar-refractivity contribution in [2.75, 3.05) is 34.8 Å². The average molecular weight is 867 g/mol. The van der Waals surface area contributed by atoms with E-state index in [-0.39, 0.29) is 29.2 Å². The molecule has 0 bridgehead atoms. The number of hydrogen-bond acceptors (Lipinski definition) is 8. The van der Waals surface area contributed by atoms with Crippen LogP contribution in [0.5, 0.6) is 5.75 Å². The normalized spacial score (nSPS) is 13.1. The molecule has 0 saturated heterocycles. The Morgan fingerprint density at radius 2 is 1.64 bits per heavy atom. The zero-order chi connectivity index (χ0) is 41.8. The first-order valence-electron chi connectivity index (χ1n) is 16.9. The summed E-state index contributed by atoms with van der Waals surface area (Å²) >= 11 is 13.8. The Kier molecular flexibility index (Phi) is 14.3. The van der Waals surface area contributed by atoms with Gasteiger partial charge in [0.25, 0.3) is 0 Å². The molecule has 10 nitrogen and oxygen atoms in total. The Balaban J connectivity index is 1.63. The van der Waals surface area contributed by atoms with Gasteiger partial charge in [0, 0.05) is 27.4 Å². The second-order valence-corrected chi connectivity index (χ2v) is 17.7. The summed E-state index contributed by atoms with van der Waals surface area (Å²) in [7, 11) is 2.34. The van der Waals surface area contributed by atoms with E-state index in [2.05, 4.69) is 9.72 Å². The SMILES string of the molecule is COc1cc(C(C)(C)c2cnc(SCc3c(F)cc(S(=O)(=O)N[C@@H](CCCC[N+](C)(C)C)C(=O)OC(=O)C(F)(F)F)cc3Cl)n2-c2ccc(F)cc2)ccc1Cl. The standard InChI is InChI=1S/C37H40Cl2F5N4O6S2/c1-36(2,22-10-15-27(38)31(17-22)53-6)32-20-45-35(47(32)24-13-11-23(40)12-14-24)55-21-26-28(39)18-25(19-29(26)41)56(51,52)46-30(9-7-8-16-48(3,4)5)33(49)54-34(50)37(42,43)44/h10-15,17-20,30,46H,7-9,16,21H2,1-6H3/q+1/t30-/m0/s1. The molecule has 19 heteroatoms. The van der Waals surface area contributed by atoms with Crippen molar-refractivity contribution in [3.05, 3.63) is 99.3 Å². The second-order valence-electron chi connectivity index (χ2n) is 14.3. The molecule has 0 amide bonds. The monoisotopic (exact) mass is 865 g/mol. The van der Waals surface area contributed by atoms with Gasteiger partial charge in [0.2, 0.25) is 10.0 Å². The number of imidazole rings is 1. The minimum atomic E-state index is -5.51. The number of methoxy groups -OCH3 is 1. The maximum Gasteiger partial charge on any atom is 0.491 e. The largest absolute Gasteiger partial charge is 0.495 e.